The largest absolute Gasteiger partial charge is 0.439 e. The molecule has 2 rings (SSSR count). The van der Waals surface area contributed by atoms with Gasteiger partial charge in [-0.2, -0.15) is 0 Å². The first-order chi connectivity index (χ1) is 9.28. The predicted octanol–water partition coefficient (Wildman–Crippen LogP) is 2.64. The molecule has 5 heteroatoms. The van der Waals surface area contributed by atoms with E-state index in [1.807, 2.05) is 31.2 Å². The zero-order chi connectivity index (χ0) is 13.5. The molecule has 0 radical (unpaired) electrons. The topological polar surface area (TPSA) is 56.3 Å². The summed E-state index contributed by atoms with van der Waals surface area (Å²) in [4.78, 5) is 8.19. The lowest BCUT2D eigenvalue weighted by molar-refractivity contribution is 0.210. The molecule has 100 valence electrons. The lowest BCUT2D eigenvalue weighted by Crippen LogP contribution is -2.08. The predicted molar refractivity (Wildman–Crippen MR) is 73.7 cm³/mol. The Morgan fingerprint density at radius 2 is 1.95 bits per heavy atom. The second kappa shape index (κ2) is 6.70. The van der Waals surface area contributed by atoms with Crippen LogP contribution in [0, 0.1) is 6.92 Å². The molecule has 1 N–H and O–H groups in total. The van der Waals surface area contributed by atoms with Crippen molar-refractivity contribution < 1.29 is 9.47 Å². The van der Waals surface area contributed by atoms with Gasteiger partial charge in [-0.1, -0.05) is 17.7 Å². The van der Waals surface area contributed by atoms with Crippen LogP contribution in [-0.4, -0.2) is 30.2 Å². The van der Waals surface area contributed by atoms with E-state index in [2.05, 4.69) is 15.3 Å². The minimum Gasteiger partial charge on any atom is -0.439 e. The highest BCUT2D eigenvalue weighted by atomic mass is 16.5. The van der Waals surface area contributed by atoms with Gasteiger partial charge in [0.2, 0.25) is 5.88 Å². The number of benzene rings is 1. The highest BCUT2D eigenvalue weighted by Gasteiger charge is 2.01. The van der Waals surface area contributed by atoms with E-state index < -0.39 is 0 Å². The van der Waals surface area contributed by atoms with Crippen LogP contribution in [0.5, 0.6) is 11.6 Å². The molecular weight excluding hydrogens is 242 g/mol. The van der Waals surface area contributed by atoms with Crippen molar-refractivity contribution in [1.82, 2.24) is 9.97 Å². The third-order valence-corrected chi connectivity index (χ3v) is 2.50. The second-order valence-electron chi connectivity index (χ2n) is 4.08. The van der Waals surface area contributed by atoms with E-state index in [9.17, 15) is 0 Å². The molecule has 1 heterocycles. The lowest BCUT2D eigenvalue weighted by Gasteiger charge is -2.07. The van der Waals surface area contributed by atoms with Crippen molar-refractivity contribution in [3.05, 3.63) is 42.2 Å². The highest BCUT2D eigenvalue weighted by Crippen LogP contribution is 2.20. The minimum absolute atomic E-state index is 0.513. The monoisotopic (exact) mass is 259 g/mol. The van der Waals surface area contributed by atoms with Crippen LogP contribution in [0.2, 0.25) is 0 Å². The number of aromatic nitrogens is 2. The fourth-order valence-electron chi connectivity index (χ4n) is 1.50. The molecule has 0 aliphatic heterocycles. The molecule has 0 saturated carbocycles. The molecule has 0 bridgehead atoms. The van der Waals surface area contributed by atoms with Crippen molar-refractivity contribution >= 4 is 5.82 Å². The van der Waals surface area contributed by atoms with Gasteiger partial charge in [-0.3, -0.25) is 0 Å². The Morgan fingerprint density at radius 3 is 2.68 bits per heavy atom. The minimum atomic E-state index is 0.513. The number of hydrogen-bond donors (Lipinski definition) is 1. The number of hydrogen-bond acceptors (Lipinski definition) is 5. The van der Waals surface area contributed by atoms with Crippen molar-refractivity contribution in [3.8, 4) is 11.6 Å². The van der Waals surface area contributed by atoms with Gasteiger partial charge in [-0.25, -0.2) is 9.97 Å². The Balaban J connectivity index is 2.00. The van der Waals surface area contributed by atoms with Gasteiger partial charge in [0.25, 0.3) is 0 Å². The van der Waals surface area contributed by atoms with Crippen LogP contribution in [0.25, 0.3) is 0 Å². The van der Waals surface area contributed by atoms with Crippen molar-refractivity contribution in [2.45, 2.75) is 6.92 Å². The Hall–Kier alpha value is -2.14. The molecule has 19 heavy (non-hydrogen) atoms. The highest BCUT2D eigenvalue weighted by molar-refractivity contribution is 5.39. The zero-order valence-electron chi connectivity index (χ0n) is 11.1. The molecule has 0 fully saturated rings. The second-order valence-corrected chi connectivity index (χ2v) is 4.08. The fourth-order valence-corrected chi connectivity index (χ4v) is 1.50. The Morgan fingerprint density at radius 1 is 1.16 bits per heavy atom. The number of nitrogens with zero attached hydrogens (tertiary/aromatic N) is 2. The van der Waals surface area contributed by atoms with Gasteiger partial charge < -0.3 is 14.8 Å². The smallest absolute Gasteiger partial charge is 0.224 e. The van der Waals surface area contributed by atoms with E-state index in [0.29, 0.717) is 24.8 Å². The van der Waals surface area contributed by atoms with E-state index in [1.54, 1.807) is 13.2 Å². The van der Waals surface area contributed by atoms with Crippen LogP contribution in [-0.2, 0) is 4.74 Å². The first-order valence-corrected chi connectivity index (χ1v) is 6.07. The summed E-state index contributed by atoms with van der Waals surface area (Å²) in [5.74, 6) is 1.99. The Bertz CT molecular complexity index is 514. The van der Waals surface area contributed by atoms with E-state index >= 15 is 0 Å². The normalized spacial score (nSPS) is 10.2. The summed E-state index contributed by atoms with van der Waals surface area (Å²) >= 11 is 0. The summed E-state index contributed by atoms with van der Waals surface area (Å²) in [7, 11) is 1.66. The van der Waals surface area contributed by atoms with Gasteiger partial charge in [0.15, 0.2) is 0 Å². The summed E-state index contributed by atoms with van der Waals surface area (Å²) in [6.07, 6.45) is 1.47. The molecule has 0 amide bonds. The lowest BCUT2D eigenvalue weighted by atomic mass is 10.2. The Labute approximate surface area is 112 Å². The average Bonchev–Trinajstić information content (AvgIpc) is 2.42. The third-order valence-electron chi connectivity index (χ3n) is 2.50. The number of rotatable bonds is 6. The summed E-state index contributed by atoms with van der Waals surface area (Å²) < 4.78 is 10.6. The van der Waals surface area contributed by atoms with Crippen LogP contribution in [0.4, 0.5) is 5.82 Å². The fraction of sp³-hybridized carbons (Fsp3) is 0.286. The first-order valence-electron chi connectivity index (χ1n) is 6.07. The number of methoxy groups -OCH3 is 1. The summed E-state index contributed by atoms with van der Waals surface area (Å²) in [5, 5.41) is 3.12. The maximum Gasteiger partial charge on any atom is 0.224 e. The van der Waals surface area contributed by atoms with Crippen molar-refractivity contribution in [2.24, 2.45) is 0 Å². The van der Waals surface area contributed by atoms with Crippen molar-refractivity contribution in [2.75, 3.05) is 25.6 Å². The van der Waals surface area contributed by atoms with E-state index in [-0.39, 0.29) is 0 Å². The van der Waals surface area contributed by atoms with Gasteiger partial charge in [-0.05, 0) is 19.1 Å². The molecule has 0 spiro atoms. The molecule has 0 aliphatic carbocycles. The maximum atomic E-state index is 5.66. The molecule has 0 unspecified atom stereocenters. The first kappa shape index (κ1) is 13.3. The molecule has 5 nitrogen and oxygen atoms in total. The third kappa shape index (κ3) is 4.22. The number of anilines is 1. The molecule has 1 aromatic heterocycles. The maximum absolute atomic E-state index is 5.66. The van der Waals surface area contributed by atoms with Gasteiger partial charge in [0, 0.05) is 19.7 Å². The van der Waals surface area contributed by atoms with Crippen molar-refractivity contribution in [3.63, 3.8) is 0 Å². The van der Waals surface area contributed by atoms with Crippen LogP contribution in [0.3, 0.4) is 0 Å². The molecule has 1 aromatic carbocycles. The van der Waals surface area contributed by atoms with Crippen LogP contribution in [0.1, 0.15) is 5.56 Å². The molecule has 0 saturated heterocycles. The van der Waals surface area contributed by atoms with E-state index in [0.717, 1.165) is 5.75 Å². The quantitative estimate of drug-likeness (QED) is 0.808. The van der Waals surface area contributed by atoms with Gasteiger partial charge in [0.05, 0.1) is 6.61 Å². The average molecular weight is 259 g/mol. The summed E-state index contributed by atoms with van der Waals surface area (Å²) in [6.45, 7) is 3.35. The van der Waals surface area contributed by atoms with Crippen LogP contribution >= 0.6 is 0 Å². The molecule has 0 atom stereocenters. The summed E-state index contributed by atoms with van der Waals surface area (Å²) in [5.41, 5.74) is 1.19. The molecular formula is C14H17N3O2. The van der Waals surface area contributed by atoms with Crippen LogP contribution in [0.15, 0.2) is 36.7 Å². The standard InChI is InChI=1S/C14H17N3O2/c1-11-3-5-12(6-4-11)19-14-9-13(16-10-17-14)15-7-8-18-2/h3-6,9-10H,7-8H2,1-2H3,(H,15,16,17). The van der Waals surface area contributed by atoms with Crippen LogP contribution < -0.4 is 10.1 Å². The zero-order valence-corrected chi connectivity index (χ0v) is 11.1. The van der Waals surface area contributed by atoms with Gasteiger partial charge in [-0.15, -0.1) is 0 Å². The molecule has 2 aromatic rings. The SMILES string of the molecule is COCCNc1cc(Oc2ccc(C)cc2)ncn1. The van der Waals surface area contributed by atoms with Gasteiger partial charge in [0.1, 0.15) is 17.9 Å². The summed E-state index contributed by atoms with van der Waals surface area (Å²) in [6, 6.07) is 9.57. The van der Waals surface area contributed by atoms with E-state index in [4.69, 9.17) is 9.47 Å². The number of ether oxygens (including phenoxy) is 2. The molecule has 0 aliphatic rings. The number of aryl methyl sites for hydroxylation is 1. The Kier molecular flexibility index (Phi) is 4.69. The van der Waals surface area contributed by atoms with Crippen molar-refractivity contribution in [1.29, 1.82) is 0 Å². The van der Waals surface area contributed by atoms with Gasteiger partial charge >= 0.3 is 0 Å². The van der Waals surface area contributed by atoms with E-state index in [1.165, 1.54) is 11.9 Å². The number of nitrogens with one attached hydrogen (secondary N) is 1.